The second-order valence-electron chi connectivity index (χ2n) is 5.52. The SMILES string of the molecule is CC(C)C(CNCc1cc(F)ccc1F)C(C)C. The van der Waals surface area contributed by atoms with Gasteiger partial charge in [0, 0.05) is 12.1 Å². The summed E-state index contributed by atoms with van der Waals surface area (Å²) in [5.74, 6) is 0.957. The molecule has 0 saturated heterocycles. The highest BCUT2D eigenvalue weighted by Crippen LogP contribution is 2.19. The van der Waals surface area contributed by atoms with Gasteiger partial charge in [0.25, 0.3) is 0 Å². The second kappa shape index (κ2) is 6.83. The van der Waals surface area contributed by atoms with Crippen LogP contribution in [0.25, 0.3) is 0 Å². The lowest BCUT2D eigenvalue weighted by molar-refractivity contribution is 0.275. The van der Waals surface area contributed by atoms with Crippen molar-refractivity contribution in [3.05, 3.63) is 35.4 Å². The summed E-state index contributed by atoms with van der Waals surface area (Å²) in [5.41, 5.74) is 0.390. The summed E-state index contributed by atoms with van der Waals surface area (Å²) in [4.78, 5) is 0. The van der Waals surface area contributed by atoms with Gasteiger partial charge in [0.05, 0.1) is 0 Å². The first-order valence-electron chi connectivity index (χ1n) is 6.56. The molecule has 0 saturated carbocycles. The van der Waals surface area contributed by atoms with Crippen LogP contribution < -0.4 is 5.32 Å². The van der Waals surface area contributed by atoms with E-state index in [4.69, 9.17) is 0 Å². The molecule has 0 radical (unpaired) electrons. The lowest BCUT2D eigenvalue weighted by Crippen LogP contribution is -2.29. The van der Waals surface area contributed by atoms with Gasteiger partial charge in [0.2, 0.25) is 0 Å². The Morgan fingerprint density at radius 2 is 1.67 bits per heavy atom. The minimum atomic E-state index is -0.391. The normalized spacial score (nSPS) is 11.8. The summed E-state index contributed by atoms with van der Waals surface area (Å²) in [5, 5.41) is 3.23. The molecule has 0 heterocycles. The molecule has 18 heavy (non-hydrogen) atoms. The number of nitrogens with one attached hydrogen (secondary N) is 1. The van der Waals surface area contributed by atoms with Gasteiger partial charge in [-0.15, -0.1) is 0 Å². The summed E-state index contributed by atoms with van der Waals surface area (Å²) in [6.07, 6.45) is 0. The maximum Gasteiger partial charge on any atom is 0.127 e. The number of rotatable bonds is 6. The maximum atomic E-state index is 13.4. The van der Waals surface area contributed by atoms with Gasteiger partial charge in [-0.25, -0.2) is 8.78 Å². The molecule has 0 aromatic heterocycles. The number of hydrogen-bond donors (Lipinski definition) is 1. The van der Waals surface area contributed by atoms with E-state index in [1.807, 2.05) is 0 Å². The molecular formula is C15H23F2N. The molecule has 0 spiro atoms. The lowest BCUT2D eigenvalue weighted by atomic mass is 9.85. The fourth-order valence-corrected chi connectivity index (χ4v) is 2.29. The van der Waals surface area contributed by atoms with Crippen molar-refractivity contribution in [2.24, 2.45) is 17.8 Å². The third-order valence-electron chi connectivity index (χ3n) is 3.42. The zero-order valence-electron chi connectivity index (χ0n) is 11.6. The van der Waals surface area contributed by atoms with Gasteiger partial charge in [0.1, 0.15) is 11.6 Å². The molecule has 0 amide bonds. The molecule has 0 bridgehead atoms. The van der Waals surface area contributed by atoms with Gasteiger partial charge >= 0.3 is 0 Å². The van der Waals surface area contributed by atoms with Gasteiger partial charge in [0.15, 0.2) is 0 Å². The van der Waals surface area contributed by atoms with Crippen molar-refractivity contribution in [1.29, 1.82) is 0 Å². The van der Waals surface area contributed by atoms with Crippen LogP contribution in [0.3, 0.4) is 0 Å². The van der Waals surface area contributed by atoms with E-state index in [0.29, 0.717) is 29.9 Å². The Kier molecular flexibility index (Phi) is 5.73. The van der Waals surface area contributed by atoms with Crippen molar-refractivity contribution in [3.63, 3.8) is 0 Å². The van der Waals surface area contributed by atoms with Gasteiger partial charge in [-0.05, 0) is 42.5 Å². The lowest BCUT2D eigenvalue weighted by Gasteiger charge is -2.25. The zero-order chi connectivity index (χ0) is 13.7. The fourth-order valence-electron chi connectivity index (χ4n) is 2.29. The quantitative estimate of drug-likeness (QED) is 0.810. The van der Waals surface area contributed by atoms with Crippen LogP contribution in [0.2, 0.25) is 0 Å². The van der Waals surface area contributed by atoms with Crippen LogP contribution >= 0.6 is 0 Å². The highest BCUT2D eigenvalue weighted by atomic mass is 19.1. The average Bonchev–Trinajstić information content (AvgIpc) is 2.27. The highest BCUT2D eigenvalue weighted by Gasteiger charge is 2.17. The first-order chi connectivity index (χ1) is 8.41. The van der Waals surface area contributed by atoms with E-state index in [0.717, 1.165) is 12.6 Å². The third kappa shape index (κ3) is 4.37. The molecule has 1 nitrogen and oxygen atoms in total. The van der Waals surface area contributed by atoms with Crippen molar-refractivity contribution in [1.82, 2.24) is 5.32 Å². The number of hydrogen-bond acceptors (Lipinski definition) is 1. The summed E-state index contributed by atoms with van der Waals surface area (Å²) < 4.78 is 26.4. The van der Waals surface area contributed by atoms with E-state index in [1.165, 1.54) is 12.1 Å². The first kappa shape index (κ1) is 15.1. The van der Waals surface area contributed by atoms with Crippen LogP contribution in [0.5, 0.6) is 0 Å². The average molecular weight is 255 g/mol. The van der Waals surface area contributed by atoms with Gasteiger partial charge in [-0.2, -0.15) is 0 Å². The molecule has 1 N–H and O–H groups in total. The van der Waals surface area contributed by atoms with Crippen molar-refractivity contribution in [3.8, 4) is 0 Å². The zero-order valence-corrected chi connectivity index (χ0v) is 11.6. The van der Waals surface area contributed by atoms with Crippen LogP contribution in [-0.4, -0.2) is 6.54 Å². The van der Waals surface area contributed by atoms with E-state index < -0.39 is 5.82 Å². The minimum Gasteiger partial charge on any atom is -0.312 e. The molecule has 0 aliphatic heterocycles. The largest absolute Gasteiger partial charge is 0.312 e. The number of halogens is 2. The van der Waals surface area contributed by atoms with Crippen LogP contribution in [0.4, 0.5) is 8.78 Å². The fraction of sp³-hybridized carbons (Fsp3) is 0.600. The summed E-state index contributed by atoms with van der Waals surface area (Å²) in [6.45, 7) is 9.96. The molecule has 3 heteroatoms. The van der Waals surface area contributed by atoms with E-state index in [1.54, 1.807) is 0 Å². The maximum absolute atomic E-state index is 13.4. The Bertz CT molecular complexity index is 367. The van der Waals surface area contributed by atoms with Gasteiger partial charge in [-0.3, -0.25) is 0 Å². The Balaban J connectivity index is 2.52. The Morgan fingerprint density at radius 1 is 1.06 bits per heavy atom. The predicted octanol–water partition coefficient (Wildman–Crippen LogP) is 3.98. The molecule has 1 aromatic carbocycles. The second-order valence-corrected chi connectivity index (χ2v) is 5.52. The Morgan fingerprint density at radius 3 is 2.22 bits per heavy atom. The van der Waals surface area contributed by atoms with E-state index >= 15 is 0 Å². The summed E-state index contributed by atoms with van der Waals surface area (Å²) in [7, 11) is 0. The van der Waals surface area contributed by atoms with Crippen LogP contribution in [-0.2, 0) is 6.54 Å². The van der Waals surface area contributed by atoms with E-state index in [9.17, 15) is 8.78 Å². The first-order valence-corrected chi connectivity index (χ1v) is 6.56. The van der Waals surface area contributed by atoms with Crippen LogP contribution in [0.1, 0.15) is 33.3 Å². The van der Waals surface area contributed by atoms with E-state index in [2.05, 4.69) is 33.0 Å². The summed E-state index contributed by atoms with van der Waals surface area (Å²) in [6, 6.07) is 3.57. The number of benzene rings is 1. The molecule has 1 aromatic rings. The van der Waals surface area contributed by atoms with Crippen molar-refractivity contribution < 1.29 is 8.78 Å². The van der Waals surface area contributed by atoms with Crippen molar-refractivity contribution in [2.45, 2.75) is 34.2 Å². The topological polar surface area (TPSA) is 12.0 Å². The molecule has 0 atom stereocenters. The molecular weight excluding hydrogens is 232 g/mol. The summed E-state index contributed by atoms with van der Waals surface area (Å²) >= 11 is 0. The highest BCUT2D eigenvalue weighted by molar-refractivity contribution is 5.18. The molecule has 102 valence electrons. The predicted molar refractivity (Wildman–Crippen MR) is 71.2 cm³/mol. The molecule has 0 unspecified atom stereocenters. The van der Waals surface area contributed by atoms with Crippen LogP contribution in [0, 0.1) is 29.4 Å². The van der Waals surface area contributed by atoms with Crippen molar-refractivity contribution >= 4 is 0 Å². The molecule has 1 rings (SSSR count). The monoisotopic (exact) mass is 255 g/mol. The molecule has 0 aliphatic rings. The van der Waals surface area contributed by atoms with Crippen molar-refractivity contribution in [2.75, 3.05) is 6.54 Å². The minimum absolute atomic E-state index is 0.352. The van der Waals surface area contributed by atoms with E-state index in [-0.39, 0.29) is 5.82 Å². The van der Waals surface area contributed by atoms with Gasteiger partial charge < -0.3 is 5.32 Å². The standard InChI is InChI=1S/C15H23F2N/c1-10(2)14(11(3)4)9-18-8-12-7-13(16)5-6-15(12)17/h5-7,10-11,14,18H,8-9H2,1-4H3. The molecule has 0 aliphatic carbocycles. The van der Waals surface area contributed by atoms with Gasteiger partial charge in [-0.1, -0.05) is 27.7 Å². The Labute approximate surface area is 109 Å². The molecule has 0 fully saturated rings. The third-order valence-corrected chi connectivity index (χ3v) is 3.42. The smallest absolute Gasteiger partial charge is 0.127 e. The Hall–Kier alpha value is -0.960. The van der Waals surface area contributed by atoms with Crippen LogP contribution in [0.15, 0.2) is 18.2 Å².